The van der Waals surface area contributed by atoms with Gasteiger partial charge in [-0.1, -0.05) is 23.8 Å². The lowest BCUT2D eigenvalue weighted by Crippen LogP contribution is -1.99. The van der Waals surface area contributed by atoms with Crippen molar-refractivity contribution in [3.8, 4) is 0 Å². The van der Waals surface area contributed by atoms with Crippen LogP contribution < -0.4 is 5.73 Å². The Morgan fingerprint density at radius 1 is 1.33 bits per heavy atom. The van der Waals surface area contributed by atoms with E-state index in [-0.39, 0.29) is 0 Å². The largest absolute Gasteiger partial charge is 0.382 e. The summed E-state index contributed by atoms with van der Waals surface area (Å²) in [6.45, 7) is 5.05. The average molecular weight is 201 g/mol. The lowest BCUT2D eigenvalue weighted by atomic mass is 10.1. The first kappa shape index (κ1) is 9.77. The SMILES string of the molecule is Cc1ccc(C)c(Cn2cnc(N)c2)c1. The molecule has 0 atom stereocenters. The zero-order valence-electron chi connectivity index (χ0n) is 9.07. The highest BCUT2D eigenvalue weighted by Gasteiger charge is 2.00. The molecule has 2 N–H and O–H groups in total. The predicted octanol–water partition coefficient (Wildman–Crippen LogP) is 2.13. The molecule has 0 aliphatic heterocycles. The zero-order chi connectivity index (χ0) is 10.8. The van der Waals surface area contributed by atoms with Crippen LogP contribution in [-0.4, -0.2) is 9.55 Å². The van der Waals surface area contributed by atoms with E-state index in [2.05, 4.69) is 37.0 Å². The molecule has 0 fully saturated rings. The third-order valence-corrected chi connectivity index (χ3v) is 2.51. The Hall–Kier alpha value is -1.77. The summed E-state index contributed by atoms with van der Waals surface area (Å²) in [4.78, 5) is 4.01. The Balaban J connectivity index is 2.27. The van der Waals surface area contributed by atoms with E-state index in [1.165, 1.54) is 16.7 Å². The van der Waals surface area contributed by atoms with Gasteiger partial charge in [-0.05, 0) is 25.0 Å². The van der Waals surface area contributed by atoms with Crippen LogP contribution in [0.15, 0.2) is 30.7 Å². The number of imidazole rings is 1. The standard InChI is InChI=1S/C12H15N3/c1-9-3-4-10(2)11(5-9)6-15-7-12(13)14-8-15/h3-5,7-8H,6,13H2,1-2H3. The molecule has 1 aromatic carbocycles. The Labute approximate surface area is 89.6 Å². The molecule has 0 amide bonds. The Kier molecular flexibility index (Phi) is 2.46. The van der Waals surface area contributed by atoms with Crippen molar-refractivity contribution in [1.29, 1.82) is 0 Å². The molecule has 0 radical (unpaired) electrons. The fourth-order valence-electron chi connectivity index (χ4n) is 1.63. The van der Waals surface area contributed by atoms with Crippen LogP contribution in [0.25, 0.3) is 0 Å². The Morgan fingerprint density at radius 2 is 2.13 bits per heavy atom. The number of hydrogen-bond donors (Lipinski definition) is 1. The highest BCUT2D eigenvalue weighted by molar-refractivity contribution is 5.31. The molecule has 78 valence electrons. The van der Waals surface area contributed by atoms with Gasteiger partial charge in [-0.3, -0.25) is 0 Å². The number of anilines is 1. The molecule has 2 rings (SSSR count). The summed E-state index contributed by atoms with van der Waals surface area (Å²) in [5.74, 6) is 0.570. The maximum Gasteiger partial charge on any atom is 0.141 e. The molecule has 0 aliphatic rings. The summed E-state index contributed by atoms with van der Waals surface area (Å²) in [5.41, 5.74) is 9.46. The van der Waals surface area contributed by atoms with Gasteiger partial charge in [-0.2, -0.15) is 0 Å². The molecule has 0 saturated heterocycles. The summed E-state index contributed by atoms with van der Waals surface area (Å²) in [6, 6.07) is 6.47. The molecule has 3 nitrogen and oxygen atoms in total. The van der Waals surface area contributed by atoms with Gasteiger partial charge in [0.15, 0.2) is 0 Å². The molecule has 2 aromatic rings. The number of hydrogen-bond acceptors (Lipinski definition) is 2. The second-order valence-corrected chi connectivity index (χ2v) is 3.90. The fourth-order valence-corrected chi connectivity index (χ4v) is 1.63. The van der Waals surface area contributed by atoms with Crippen LogP contribution in [0.5, 0.6) is 0 Å². The van der Waals surface area contributed by atoms with Gasteiger partial charge in [0.1, 0.15) is 5.82 Å². The van der Waals surface area contributed by atoms with Crippen molar-refractivity contribution < 1.29 is 0 Å². The van der Waals surface area contributed by atoms with E-state index < -0.39 is 0 Å². The second-order valence-electron chi connectivity index (χ2n) is 3.90. The number of rotatable bonds is 2. The number of benzene rings is 1. The Morgan fingerprint density at radius 3 is 2.80 bits per heavy atom. The highest BCUT2D eigenvalue weighted by Crippen LogP contribution is 2.12. The van der Waals surface area contributed by atoms with Crippen molar-refractivity contribution in [2.75, 3.05) is 5.73 Å². The smallest absolute Gasteiger partial charge is 0.141 e. The zero-order valence-corrected chi connectivity index (χ0v) is 9.07. The predicted molar refractivity (Wildman–Crippen MR) is 61.7 cm³/mol. The van der Waals surface area contributed by atoms with E-state index >= 15 is 0 Å². The third kappa shape index (κ3) is 2.18. The number of nitrogens with zero attached hydrogens (tertiary/aromatic N) is 2. The van der Waals surface area contributed by atoms with Gasteiger partial charge >= 0.3 is 0 Å². The van der Waals surface area contributed by atoms with Crippen LogP contribution in [0.4, 0.5) is 5.82 Å². The van der Waals surface area contributed by atoms with Crippen LogP contribution in [0.3, 0.4) is 0 Å². The molecule has 3 heteroatoms. The monoisotopic (exact) mass is 201 g/mol. The van der Waals surface area contributed by atoms with E-state index in [1.807, 2.05) is 10.8 Å². The third-order valence-electron chi connectivity index (χ3n) is 2.51. The van der Waals surface area contributed by atoms with Crippen LogP contribution in [0.1, 0.15) is 16.7 Å². The van der Waals surface area contributed by atoms with Crippen molar-refractivity contribution >= 4 is 5.82 Å². The molecule has 0 spiro atoms. The van der Waals surface area contributed by atoms with E-state index in [0.29, 0.717) is 5.82 Å². The normalized spacial score (nSPS) is 10.5. The molecule has 1 aromatic heterocycles. The number of nitrogens with two attached hydrogens (primary N) is 1. The first-order chi connectivity index (χ1) is 7.15. The molecule has 1 heterocycles. The van der Waals surface area contributed by atoms with Crippen LogP contribution in [0, 0.1) is 13.8 Å². The molecular weight excluding hydrogens is 186 g/mol. The number of aromatic nitrogens is 2. The van der Waals surface area contributed by atoms with Crippen molar-refractivity contribution in [3.05, 3.63) is 47.4 Å². The van der Waals surface area contributed by atoms with Crippen LogP contribution in [-0.2, 0) is 6.54 Å². The first-order valence-electron chi connectivity index (χ1n) is 4.98. The lowest BCUT2D eigenvalue weighted by molar-refractivity contribution is 0.791. The maximum absolute atomic E-state index is 5.57. The van der Waals surface area contributed by atoms with E-state index in [9.17, 15) is 0 Å². The first-order valence-corrected chi connectivity index (χ1v) is 4.98. The summed E-state index contributed by atoms with van der Waals surface area (Å²) >= 11 is 0. The molecule has 0 bridgehead atoms. The molecule has 0 saturated carbocycles. The summed E-state index contributed by atoms with van der Waals surface area (Å²) in [5, 5.41) is 0. The summed E-state index contributed by atoms with van der Waals surface area (Å²) in [6.07, 6.45) is 3.61. The van der Waals surface area contributed by atoms with E-state index in [1.54, 1.807) is 6.33 Å². The van der Waals surface area contributed by atoms with Gasteiger partial charge in [-0.15, -0.1) is 0 Å². The topological polar surface area (TPSA) is 43.8 Å². The van der Waals surface area contributed by atoms with Crippen LogP contribution in [0.2, 0.25) is 0 Å². The minimum atomic E-state index is 0.570. The van der Waals surface area contributed by atoms with Gasteiger partial charge in [-0.25, -0.2) is 4.98 Å². The summed E-state index contributed by atoms with van der Waals surface area (Å²) < 4.78 is 2.00. The van der Waals surface area contributed by atoms with Crippen molar-refractivity contribution in [2.45, 2.75) is 20.4 Å². The van der Waals surface area contributed by atoms with Gasteiger partial charge in [0.05, 0.1) is 6.33 Å². The lowest BCUT2D eigenvalue weighted by Gasteiger charge is -2.07. The second kappa shape index (κ2) is 3.77. The van der Waals surface area contributed by atoms with Gasteiger partial charge in [0, 0.05) is 12.7 Å². The highest BCUT2D eigenvalue weighted by atomic mass is 15.1. The molecule has 15 heavy (non-hydrogen) atoms. The fraction of sp³-hybridized carbons (Fsp3) is 0.250. The van der Waals surface area contributed by atoms with Crippen molar-refractivity contribution in [2.24, 2.45) is 0 Å². The van der Waals surface area contributed by atoms with Crippen molar-refractivity contribution in [3.63, 3.8) is 0 Å². The van der Waals surface area contributed by atoms with E-state index in [0.717, 1.165) is 6.54 Å². The average Bonchev–Trinajstić information content (AvgIpc) is 2.58. The van der Waals surface area contributed by atoms with Gasteiger partial charge < -0.3 is 10.3 Å². The van der Waals surface area contributed by atoms with Gasteiger partial charge in [0.2, 0.25) is 0 Å². The molecule has 0 unspecified atom stereocenters. The Bertz CT molecular complexity index is 471. The number of aryl methyl sites for hydroxylation is 2. The molecule has 0 aliphatic carbocycles. The number of nitrogen functional groups attached to an aromatic ring is 1. The van der Waals surface area contributed by atoms with E-state index in [4.69, 9.17) is 5.73 Å². The quantitative estimate of drug-likeness (QED) is 0.808. The van der Waals surface area contributed by atoms with Crippen molar-refractivity contribution in [1.82, 2.24) is 9.55 Å². The van der Waals surface area contributed by atoms with Crippen LogP contribution >= 0.6 is 0 Å². The maximum atomic E-state index is 5.57. The summed E-state index contributed by atoms with van der Waals surface area (Å²) in [7, 11) is 0. The minimum absolute atomic E-state index is 0.570. The minimum Gasteiger partial charge on any atom is -0.382 e. The molecular formula is C12H15N3. The van der Waals surface area contributed by atoms with Gasteiger partial charge in [0.25, 0.3) is 0 Å².